The number of aliphatic hydroxyl groups is 1. The third kappa shape index (κ3) is 3.60. The Morgan fingerprint density at radius 1 is 1.65 bits per heavy atom. The maximum absolute atomic E-state index is 8.83. The average Bonchev–Trinajstić information content (AvgIpc) is 3.08. The van der Waals surface area contributed by atoms with Crippen LogP contribution in [0.25, 0.3) is 0 Å². The molecule has 1 heterocycles. The number of nitrogens with one attached hydrogen (secondary N) is 1. The molecule has 1 atom stereocenters. The van der Waals surface area contributed by atoms with Crippen LogP contribution in [0.4, 0.5) is 5.69 Å². The molecule has 0 amide bonds. The largest absolute Gasteiger partial charge is 0.394 e. The lowest BCUT2D eigenvalue weighted by molar-refractivity contribution is 0.269. The van der Waals surface area contributed by atoms with E-state index >= 15 is 0 Å². The van der Waals surface area contributed by atoms with Crippen molar-refractivity contribution in [2.45, 2.75) is 38.3 Å². The summed E-state index contributed by atoms with van der Waals surface area (Å²) in [6, 6.07) is 0.541. The lowest BCUT2D eigenvalue weighted by Gasteiger charge is -2.17. The van der Waals surface area contributed by atoms with Crippen LogP contribution >= 0.6 is 0 Å². The highest BCUT2D eigenvalue weighted by molar-refractivity contribution is 5.39. The van der Waals surface area contributed by atoms with Crippen molar-refractivity contribution in [2.24, 2.45) is 5.92 Å². The minimum atomic E-state index is 0.129. The molecule has 0 bridgehead atoms. The number of aromatic nitrogens is 2. The van der Waals surface area contributed by atoms with E-state index in [1.807, 2.05) is 18.5 Å². The summed E-state index contributed by atoms with van der Waals surface area (Å²) in [6.07, 6.45) is 10.6. The second kappa shape index (κ2) is 5.87. The fourth-order valence-electron chi connectivity index (χ4n) is 2.10. The van der Waals surface area contributed by atoms with Gasteiger partial charge in [0.05, 0.1) is 25.0 Å². The van der Waals surface area contributed by atoms with Gasteiger partial charge >= 0.3 is 0 Å². The van der Waals surface area contributed by atoms with Gasteiger partial charge in [0.15, 0.2) is 0 Å². The Bertz CT molecular complexity index is 357. The molecule has 1 aromatic rings. The predicted molar refractivity (Wildman–Crippen MR) is 68.9 cm³/mol. The highest BCUT2D eigenvalue weighted by Crippen LogP contribution is 2.36. The van der Waals surface area contributed by atoms with E-state index in [0.717, 1.165) is 24.4 Å². The van der Waals surface area contributed by atoms with Gasteiger partial charge in [-0.25, -0.2) is 0 Å². The van der Waals surface area contributed by atoms with E-state index in [0.29, 0.717) is 12.6 Å². The van der Waals surface area contributed by atoms with Crippen molar-refractivity contribution in [3.63, 3.8) is 0 Å². The molecule has 0 radical (unpaired) electrons. The molecule has 2 rings (SSSR count). The average molecular weight is 235 g/mol. The summed E-state index contributed by atoms with van der Waals surface area (Å²) < 4.78 is 1.76. The van der Waals surface area contributed by atoms with E-state index < -0.39 is 0 Å². The number of hydrogen-bond donors (Lipinski definition) is 2. The second-order valence-corrected chi connectivity index (χ2v) is 4.67. The van der Waals surface area contributed by atoms with Gasteiger partial charge in [-0.15, -0.1) is 6.58 Å². The summed E-state index contributed by atoms with van der Waals surface area (Å²) in [5.74, 6) is 0.816. The molecule has 1 aliphatic rings. The molecule has 0 saturated heterocycles. The Morgan fingerprint density at radius 3 is 3.12 bits per heavy atom. The topological polar surface area (TPSA) is 50.1 Å². The predicted octanol–water partition coefficient (Wildman–Crippen LogP) is 2.03. The Morgan fingerprint density at radius 2 is 2.47 bits per heavy atom. The van der Waals surface area contributed by atoms with Gasteiger partial charge in [-0.2, -0.15) is 5.10 Å². The number of aliphatic hydroxyl groups excluding tert-OH is 1. The third-order valence-corrected chi connectivity index (χ3v) is 3.19. The molecule has 1 unspecified atom stereocenters. The van der Waals surface area contributed by atoms with Crippen LogP contribution < -0.4 is 5.32 Å². The normalized spacial score (nSPS) is 16.8. The minimum Gasteiger partial charge on any atom is -0.394 e. The molecule has 1 aliphatic carbocycles. The van der Waals surface area contributed by atoms with Crippen LogP contribution in [0.2, 0.25) is 0 Å². The van der Waals surface area contributed by atoms with Crippen molar-refractivity contribution in [3.05, 3.63) is 25.0 Å². The Kier molecular flexibility index (Phi) is 4.20. The van der Waals surface area contributed by atoms with Gasteiger partial charge in [0, 0.05) is 12.2 Å². The smallest absolute Gasteiger partial charge is 0.0728 e. The Hall–Kier alpha value is -1.29. The van der Waals surface area contributed by atoms with Gasteiger partial charge in [-0.05, 0) is 31.6 Å². The quantitative estimate of drug-likeness (QED) is 0.678. The summed E-state index contributed by atoms with van der Waals surface area (Å²) in [5.41, 5.74) is 1.06. The minimum absolute atomic E-state index is 0.129. The molecule has 0 aromatic carbocycles. The van der Waals surface area contributed by atoms with Gasteiger partial charge in [-0.3, -0.25) is 4.68 Å². The van der Waals surface area contributed by atoms with Crippen molar-refractivity contribution in [2.75, 3.05) is 11.9 Å². The monoisotopic (exact) mass is 235 g/mol. The first-order valence-corrected chi connectivity index (χ1v) is 6.34. The standard InChI is InChI=1S/C13H21N3O/c1-2-3-4-13(11-5-6-11)15-12-9-14-16(10-12)7-8-17/h2,9-11,13,15,17H,1,3-8H2. The van der Waals surface area contributed by atoms with E-state index in [4.69, 9.17) is 5.11 Å². The van der Waals surface area contributed by atoms with Crippen LogP contribution in [-0.4, -0.2) is 27.5 Å². The van der Waals surface area contributed by atoms with E-state index in [1.165, 1.54) is 12.8 Å². The van der Waals surface area contributed by atoms with Crippen LogP contribution in [0.15, 0.2) is 25.0 Å². The number of anilines is 1. The lowest BCUT2D eigenvalue weighted by Crippen LogP contribution is -2.21. The zero-order chi connectivity index (χ0) is 12.1. The molecule has 2 N–H and O–H groups in total. The summed E-state index contributed by atoms with van der Waals surface area (Å²) >= 11 is 0. The fourth-order valence-corrected chi connectivity index (χ4v) is 2.10. The number of nitrogens with zero attached hydrogens (tertiary/aromatic N) is 2. The zero-order valence-electron chi connectivity index (χ0n) is 10.2. The van der Waals surface area contributed by atoms with Crippen LogP contribution in [0.3, 0.4) is 0 Å². The molecule has 0 spiro atoms. The molecule has 4 nitrogen and oxygen atoms in total. The number of rotatable bonds is 8. The Balaban J connectivity index is 1.89. The lowest BCUT2D eigenvalue weighted by atomic mass is 10.1. The molecule has 17 heavy (non-hydrogen) atoms. The summed E-state index contributed by atoms with van der Waals surface area (Å²) in [7, 11) is 0. The molecular weight excluding hydrogens is 214 g/mol. The second-order valence-electron chi connectivity index (χ2n) is 4.67. The van der Waals surface area contributed by atoms with Crippen molar-refractivity contribution < 1.29 is 5.11 Å². The Labute approximate surface area is 102 Å². The van der Waals surface area contributed by atoms with Gasteiger partial charge in [0.2, 0.25) is 0 Å². The molecule has 94 valence electrons. The molecule has 1 saturated carbocycles. The first kappa shape index (κ1) is 12.2. The van der Waals surface area contributed by atoms with Crippen LogP contribution in [0.1, 0.15) is 25.7 Å². The van der Waals surface area contributed by atoms with E-state index in [1.54, 1.807) is 4.68 Å². The SMILES string of the molecule is C=CCCC(Nc1cnn(CCO)c1)C1CC1. The first-order chi connectivity index (χ1) is 8.33. The number of hydrogen-bond acceptors (Lipinski definition) is 3. The van der Waals surface area contributed by atoms with E-state index in [-0.39, 0.29) is 6.61 Å². The molecule has 0 aliphatic heterocycles. The molecular formula is C13H21N3O. The molecule has 1 aromatic heterocycles. The number of allylic oxidation sites excluding steroid dienone is 1. The molecule has 4 heteroatoms. The van der Waals surface area contributed by atoms with Crippen molar-refractivity contribution in [1.29, 1.82) is 0 Å². The van der Waals surface area contributed by atoms with E-state index in [2.05, 4.69) is 17.0 Å². The zero-order valence-corrected chi connectivity index (χ0v) is 10.2. The maximum Gasteiger partial charge on any atom is 0.0728 e. The van der Waals surface area contributed by atoms with Gasteiger partial charge in [0.25, 0.3) is 0 Å². The third-order valence-electron chi connectivity index (χ3n) is 3.19. The van der Waals surface area contributed by atoms with Crippen molar-refractivity contribution in [3.8, 4) is 0 Å². The molecule has 1 fully saturated rings. The summed E-state index contributed by atoms with van der Waals surface area (Å²) in [5, 5.41) is 16.6. The highest BCUT2D eigenvalue weighted by atomic mass is 16.3. The van der Waals surface area contributed by atoms with Gasteiger partial charge < -0.3 is 10.4 Å². The van der Waals surface area contributed by atoms with Crippen molar-refractivity contribution >= 4 is 5.69 Å². The van der Waals surface area contributed by atoms with Crippen molar-refractivity contribution in [1.82, 2.24) is 9.78 Å². The van der Waals surface area contributed by atoms with Gasteiger partial charge in [0.1, 0.15) is 0 Å². The van der Waals surface area contributed by atoms with Crippen LogP contribution in [0, 0.1) is 5.92 Å². The summed E-state index contributed by atoms with van der Waals surface area (Å²) in [6.45, 7) is 4.46. The summed E-state index contributed by atoms with van der Waals surface area (Å²) in [4.78, 5) is 0. The van der Waals surface area contributed by atoms with E-state index in [9.17, 15) is 0 Å². The fraction of sp³-hybridized carbons (Fsp3) is 0.615. The first-order valence-electron chi connectivity index (χ1n) is 6.34. The maximum atomic E-state index is 8.83. The highest BCUT2D eigenvalue weighted by Gasteiger charge is 2.30. The van der Waals surface area contributed by atoms with Gasteiger partial charge in [-0.1, -0.05) is 6.08 Å². The van der Waals surface area contributed by atoms with Crippen LogP contribution in [-0.2, 0) is 6.54 Å². The van der Waals surface area contributed by atoms with Crippen LogP contribution in [0.5, 0.6) is 0 Å².